The summed E-state index contributed by atoms with van der Waals surface area (Å²) in [6.45, 7) is 0. The van der Waals surface area contributed by atoms with Gasteiger partial charge in [-0.05, 0) is 48.5 Å². The molecule has 0 spiro atoms. The van der Waals surface area contributed by atoms with E-state index in [1.807, 2.05) is 0 Å². The molecule has 17 heavy (non-hydrogen) atoms. The Balaban J connectivity index is 2.27. The predicted octanol–water partition coefficient (Wildman–Crippen LogP) is 2.63. The Morgan fingerprint density at radius 2 is 1.41 bits per heavy atom. The highest BCUT2D eigenvalue weighted by atomic mass is 16.5. The fourth-order valence-electron chi connectivity index (χ4n) is 1.52. The lowest BCUT2D eigenvalue weighted by Gasteiger charge is -2.03. The molecule has 3 heteroatoms. The van der Waals surface area contributed by atoms with Gasteiger partial charge in [0, 0.05) is 11.1 Å². The van der Waals surface area contributed by atoms with E-state index in [1.165, 1.54) is 12.1 Å². The van der Waals surface area contributed by atoms with Crippen LogP contribution in [-0.4, -0.2) is 18.0 Å². The lowest BCUT2D eigenvalue weighted by molar-refractivity contribution is 0.103. The lowest BCUT2D eigenvalue weighted by Crippen LogP contribution is -2.00. The van der Waals surface area contributed by atoms with Crippen molar-refractivity contribution >= 4 is 5.78 Å². The van der Waals surface area contributed by atoms with E-state index in [0.717, 1.165) is 0 Å². The molecule has 2 rings (SSSR count). The van der Waals surface area contributed by atoms with Gasteiger partial charge in [0.15, 0.2) is 5.78 Å². The summed E-state index contributed by atoms with van der Waals surface area (Å²) in [5, 5.41) is 9.15. The highest BCUT2D eigenvalue weighted by Gasteiger charge is 2.08. The zero-order chi connectivity index (χ0) is 12.3. The summed E-state index contributed by atoms with van der Waals surface area (Å²) in [6, 6.07) is 13.1. The van der Waals surface area contributed by atoms with Crippen LogP contribution in [0.1, 0.15) is 15.9 Å². The van der Waals surface area contributed by atoms with Gasteiger partial charge in [0.1, 0.15) is 11.5 Å². The minimum absolute atomic E-state index is 0.0762. The summed E-state index contributed by atoms with van der Waals surface area (Å²) in [7, 11) is 1.58. The minimum Gasteiger partial charge on any atom is -0.508 e. The molecule has 1 N–H and O–H groups in total. The second-order valence-corrected chi connectivity index (χ2v) is 3.60. The number of hydrogen-bond donors (Lipinski definition) is 1. The Hall–Kier alpha value is -2.29. The average molecular weight is 228 g/mol. The van der Waals surface area contributed by atoms with Gasteiger partial charge in [0.05, 0.1) is 7.11 Å². The molecule has 0 unspecified atom stereocenters. The van der Waals surface area contributed by atoms with Crippen LogP contribution in [0.3, 0.4) is 0 Å². The smallest absolute Gasteiger partial charge is 0.193 e. The quantitative estimate of drug-likeness (QED) is 0.821. The first kappa shape index (κ1) is 11.2. The van der Waals surface area contributed by atoms with Crippen LogP contribution in [-0.2, 0) is 0 Å². The molecule has 2 aromatic rings. The molecule has 0 atom stereocenters. The predicted molar refractivity (Wildman–Crippen MR) is 64.5 cm³/mol. The van der Waals surface area contributed by atoms with Crippen LogP contribution in [0.2, 0.25) is 0 Å². The number of hydrogen-bond acceptors (Lipinski definition) is 3. The standard InChI is InChI=1S/C14H12O3/c1-17-13-8-4-11(5-9-13)14(16)10-2-6-12(15)7-3-10/h2-9,15H,1H3. The van der Waals surface area contributed by atoms with Gasteiger partial charge in [-0.3, -0.25) is 4.79 Å². The van der Waals surface area contributed by atoms with Crippen molar-refractivity contribution in [3.8, 4) is 11.5 Å². The molecule has 86 valence electrons. The van der Waals surface area contributed by atoms with E-state index in [2.05, 4.69) is 0 Å². The fraction of sp³-hybridized carbons (Fsp3) is 0.0714. The Bertz CT molecular complexity index is 512. The third kappa shape index (κ3) is 2.45. The topological polar surface area (TPSA) is 46.5 Å². The number of methoxy groups -OCH3 is 1. The molecule has 0 aliphatic carbocycles. The number of phenols is 1. The molecule has 0 aliphatic rings. The summed E-state index contributed by atoms with van der Waals surface area (Å²) >= 11 is 0. The molecular formula is C14H12O3. The number of ether oxygens (including phenoxy) is 1. The molecule has 0 aromatic heterocycles. The highest BCUT2D eigenvalue weighted by Crippen LogP contribution is 2.16. The van der Waals surface area contributed by atoms with Crippen molar-refractivity contribution < 1.29 is 14.6 Å². The zero-order valence-electron chi connectivity index (χ0n) is 9.38. The number of aromatic hydroxyl groups is 1. The van der Waals surface area contributed by atoms with Crippen LogP contribution in [0.4, 0.5) is 0 Å². The molecule has 3 nitrogen and oxygen atoms in total. The first-order valence-electron chi connectivity index (χ1n) is 5.18. The maximum atomic E-state index is 12.0. The van der Waals surface area contributed by atoms with E-state index in [9.17, 15) is 4.79 Å². The first-order valence-corrected chi connectivity index (χ1v) is 5.18. The van der Waals surface area contributed by atoms with Gasteiger partial charge in [-0.15, -0.1) is 0 Å². The number of phenolic OH excluding ortho intramolecular Hbond substituents is 1. The van der Waals surface area contributed by atoms with Crippen molar-refractivity contribution in [3.05, 3.63) is 59.7 Å². The van der Waals surface area contributed by atoms with Crippen LogP contribution in [0.15, 0.2) is 48.5 Å². The molecule has 0 saturated heterocycles. The van der Waals surface area contributed by atoms with Gasteiger partial charge in [-0.25, -0.2) is 0 Å². The number of ketones is 1. The molecule has 0 radical (unpaired) electrons. The van der Waals surface area contributed by atoms with Crippen molar-refractivity contribution in [2.75, 3.05) is 7.11 Å². The summed E-state index contributed by atoms with van der Waals surface area (Å²) in [6.07, 6.45) is 0. The largest absolute Gasteiger partial charge is 0.508 e. The second-order valence-electron chi connectivity index (χ2n) is 3.60. The summed E-state index contributed by atoms with van der Waals surface area (Å²) in [5.74, 6) is 0.788. The van der Waals surface area contributed by atoms with Gasteiger partial charge < -0.3 is 9.84 Å². The van der Waals surface area contributed by atoms with Crippen molar-refractivity contribution in [1.29, 1.82) is 0 Å². The van der Waals surface area contributed by atoms with Crippen LogP contribution in [0.5, 0.6) is 11.5 Å². The molecule has 0 bridgehead atoms. The van der Waals surface area contributed by atoms with E-state index in [4.69, 9.17) is 9.84 Å². The van der Waals surface area contributed by atoms with Gasteiger partial charge in [-0.2, -0.15) is 0 Å². The SMILES string of the molecule is COc1ccc(C(=O)c2ccc(O)cc2)cc1. The minimum atomic E-state index is -0.0762. The Labute approximate surface area is 99.3 Å². The van der Waals surface area contributed by atoms with E-state index in [-0.39, 0.29) is 11.5 Å². The van der Waals surface area contributed by atoms with Gasteiger partial charge in [-0.1, -0.05) is 0 Å². The Morgan fingerprint density at radius 1 is 0.941 bits per heavy atom. The van der Waals surface area contributed by atoms with Crippen molar-refractivity contribution in [2.24, 2.45) is 0 Å². The lowest BCUT2D eigenvalue weighted by atomic mass is 10.0. The van der Waals surface area contributed by atoms with Crippen molar-refractivity contribution in [3.63, 3.8) is 0 Å². The number of carbonyl (C=O) groups is 1. The molecule has 0 amide bonds. The van der Waals surface area contributed by atoms with Gasteiger partial charge in [0.25, 0.3) is 0 Å². The number of carbonyl (C=O) groups excluding carboxylic acids is 1. The molecule has 0 fully saturated rings. The van der Waals surface area contributed by atoms with Crippen molar-refractivity contribution in [1.82, 2.24) is 0 Å². The van der Waals surface area contributed by atoms with Crippen molar-refractivity contribution in [2.45, 2.75) is 0 Å². The van der Waals surface area contributed by atoms with E-state index in [0.29, 0.717) is 16.9 Å². The first-order chi connectivity index (χ1) is 8.20. The second kappa shape index (κ2) is 4.70. The van der Waals surface area contributed by atoms with E-state index >= 15 is 0 Å². The Morgan fingerprint density at radius 3 is 1.88 bits per heavy atom. The molecule has 2 aromatic carbocycles. The summed E-state index contributed by atoms with van der Waals surface area (Å²) in [4.78, 5) is 12.0. The number of rotatable bonds is 3. The van der Waals surface area contributed by atoms with Crippen LogP contribution >= 0.6 is 0 Å². The van der Waals surface area contributed by atoms with Gasteiger partial charge >= 0.3 is 0 Å². The summed E-state index contributed by atoms with van der Waals surface area (Å²) < 4.78 is 5.03. The van der Waals surface area contributed by atoms with Crippen LogP contribution in [0, 0.1) is 0 Å². The zero-order valence-corrected chi connectivity index (χ0v) is 9.38. The third-order valence-corrected chi connectivity index (χ3v) is 2.48. The normalized spacial score (nSPS) is 9.94. The van der Waals surface area contributed by atoms with E-state index < -0.39 is 0 Å². The molecule has 0 heterocycles. The van der Waals surface area contributed by atoms with Gasteiger partial charge in [0.2, 0.25) is 0 Å². The van der Waals surface area contributed by atoms with E-state index in [1.54, 1.807) is 43.5 Å². The third-order valence-electron chi connectivity index (χ3n) is 2.48. The maximum Gasteiger partial charge on any atom is 0.193 e. The number of benzene rings is 2. The van der Waals surface area contributed by atoms with Crippen LogP contribution in [0.25, 0.3) is 0 Å². The fourth-order valence-corrected chi connectivity index (χ4v) is 1.52. The Kier molecular flexibility index (Phi) is 3.10. The highest BCUT2D eigenvalue weighted by molar-refractivity contribution is 6.09. The monoisotopic (exact) mass is 228 g/mol. The molecular weight excluding hydrogens is 216 g/mol. The molecule has 0 saturated carbocycles. The van der Waals surface area contributed by atoms with Crippen LogP contribution < -0.4 is 4.74 Å². The molecule has 0 aliphatic heterocycles. The summed E-state index contributed by atoms with van der Waals surface area (Å²) in [5.41, 5.74) is 1.14. The average Bonchev–Trinajstić information content (AvgIpc) is 2.39. The maximum absolute atomic E-state index is 12.0.